The second kappa shape index (κ2) is 9.42. The molecule has 0 spiro atoms. The molecular formula is C28H19F4N3O2. The number of amides is 2. The van der Waals surface area contributed by atoms with Crippen molar-refractivity contribution in [3.63, 3.8) is 0 Å². The van der Waals surface area contributed by atoms with Crippen molar-refractivity contribution < 1.29 is 27.2 Å². The first kappa shape index (κ1) is 24.1. The van der Waals surface area contributed by atoms with Crippen molar-refractivity contribution in [1.29, 1.82) is 0 Å². The van der Waals surface area contributed by atoms with Crippen LogP contribution in [0.1, 0.15) is 31.8 Å². The highest BCUT2D eigenvalue weighted by molar-refractivity contribution is 6.13. The number of halogens is 4. The topological polar surface area (TPSA) is 61.4 Å². The van der Waals surface area contributed by atoms with Crippen LogP contribution in [0.25, 0.3) is 0 Å². The van der Waals surface area contributed by atoms with Crippen LogP contribution in [0.4, 0.5) is 40.3 Å². The third kappa shape index (κ3) is 4.75. The normalized spacial score (nSPS) is 12.6. The monoisotopic (exact) mass is 505 g/mol. The van der Waals surface area contributed by atoms with E-state index in [-0.39, 0.29) is 17.2 Å². The van der Waals surface area contributed by atoms with Gasteiger partial charge in [-0.3, -0.25) is 14.5 Å². The van der Waals surface area contributed by atoms with E-state index in [2.05, 4.69) is 10.6 Å². The van der Waals surface area contributed by atoms with E-state index in [0.717, 1.165) is 23.0 Å². The van der Waals surface area contributed by atoms with Crippen molar-refractivity contribution in [3.05, 3.63) is 119 Å². The molecule has 37 heavy (non-hydrogen) atoms. The molecule has 0 aromatic heterocycles. The summed E-state index contributed by atoms with van der Waals surface area (Å²) in [7, 11) is 0. The molecule has 1 aliphatic heterocycles. The molecule has 0 unspecified atom stereocenters. The van der Waals surface area contributed by atoms with Gasteiger partial charge < -0.3 is 10.6 Å². The summed E-state index contributed by atoms with van der Waals surface area (Å²) in [6.07, 6.45) is -4.93. The molecule has 4 aromatic rings. The Labute approximate surface area is 209 Å². The Hall–Kier alpha value is -4.66. The van der Waals surface area contributed by atoms with Gasteiger partial charge in [0.05, 0.1) is 22.6 Å². The van der Waals surface area contributed by atoms with Crippen LogP contribution in [0.5, 0.6) is 0 Å². The number of carbonyl (C=O) groups is 2. The van der Waals surface area contributed by atoms with E-state index in [9.17, 15) is 27.2 Å². The van der Waals surface area contributed by atoms with Crippen LogP contribution in [0.3, 0.4) is 0 Å². The lowest BCUT2D eigenvalue weighted by atomic mass is 10.1. The average molecular weight is 505 g/mol. The minimum atomic E-state index is -4.93. The van der Waals surface area contributed by atoms with Gasteiger partial charge in [-0.2, -0.15) is 13.2 Å². The second-order valence-electron chi connectivity index (χ2n) is 8.36. The van der Waals surface area contributed by atoms with E-state index in [4.69, 9.17) is 0 Å². The van der Waals surface area contributed by atoms with Gasteiger partial charge in [0.15, 0.2) is 0 Å². The highest BCUT2D eigenvalue weighted by Gasteiger charge is 2.34. The van der Waals surface area contributed by atoms with Gasteiger partial charge in [-0.1, -0.05) is 30.3 Å². The van der Waals surface area contributed by atoms with Crippen LogP contribution in [-0.2, 0) is 12.7 Å². The summed E-state index contributed by atoms with van der Waals surface area (Å²) in [6.45, 7) is 0.543. The summed E-state index contributed by atoms with van der Waals surface area (Å²) in [5.74, 6) is -2.60. The highest BCUT2D eigenvalue weighted by atomic mass is 19.4. The first-order valence-corrected chi connectivity index (χ1v) is 11.3. The maximum atomic E-state index is 13.7. The second-order valence-corrected chi connectivity index (χ2v) is 8.36. The summed E-state index contributed by atoms with van der Waals surface area (Å²) < 4.78 is 52.5. The maximum Gasteiger partial charge on any atom is 0.419 e. The van der Waals surface area contributed by atoms with Gasteiger partial charge in [-0.25, -0.2) is 4.39 Å². The van der Waals surface area contributed by atoms with Crippen molar-refractivity contribution in [2.45, 2.75) is 12.7 Å². The minimum absolute atomic E-state index is 0.262. The largest absolute Gasteiger partial charge is 0.419 e. The Balaban J connectivity index is 1.41. The zero-order valence-corrected chi connectivity index (χ0v) is 19.1. The third-order valence-electron chi connectivity index (χ3n) is 5.97. The molecule has 1 heterocycles. The summed E-state index contributed by atoms with van der Waals surface area (Å²) in [5, 5.41) is 5.82. The molecule has 5 rings (SSSR count). The molecule has 0 saturated heterocycles. The molecule has 0 bridgehead atoms. The molecule has 5 nitrogen and oxygen atoms in total. The number of benzene rings is 4. The van der Waals surface area contributed by atoms with E-state index >= 15 is 0 Å². The fraction of sp³-hybridized carbons (Fsp3) is 0.0714. The van der Waals surface area contributed by atoms with Crippen LogP contribution in [0.2, 0.25) is 0 Å². The summed E-state index contributed by atoms with van der Waals surface area (Å²) in [6, 6.07) is 23.0. The lowest BCUT2D eigenvalue weighted by Gasteiger charge is -2.24. The third-order valence-corrected chi connectivity index (χ3v) is 5.97. The van der Waals surface area contributed by atoms with Crippen LogP contribution >= 0.6 is 0 Å². The fourth-order valence-electron chi connectivity index (χ4n) is 4.15. The molecule has 0 aliphatic carbocycles. The van der Waals surface area contributed by atoms with Crippen molar-refractivity contribution in [3.8, 4) is 0 Å². The van der Waals surface area contributed by atoms with Gasteiger partial charge in [0.1, 0.15) is 5.82 Å². The van der Waals surface area contributed by atoms with E-state index in [1.165, 1.54) is 24.3 Å². The number of alkyl halides is 3. The number of nitrogens with one attached hydrogen (secondary N) is 2. The quantitative estimate of drug-likeness (QED) is 0.295. The van der Waals surface area contributed by atoms with E-state index < -0.39 is 23.5 Å². The van der Waals surface area contributed by atoms with Gasteiger partial charge in [0.2, 0.25) is 0 Å². The predicted molar refractivity (Wildman–Crippen MR) is 132 cm³/mol. The van der Waals surface area contributed by atoms with Crippen molar-refractivity contribution >= 4 is 34.6 Å². The van der Waals surface area contributed by atoms with E-state index in [1.807, 2.05) is 48.5 Å². The first-order chi connectivity index (χ1) is 17.7. The smallest absolute Gasteiger partial charge is 0.379 e. The molecule has 9 heteroatoms. The lowest BCUT2D eigenvalue weighted by molar-refractivity contribution is -0.140. The zero-order valence-electron chi connectivity index (χ0n) is 19.1. The number of nitrogens with zero attached hydrogens (tertiary/aromatic N) is 1. The number of carbonyl (C=O) groups excluding carboxylic acids is 2. The number of anilines is 4. The number of hydrogen-bond donors (Lipinski definition) is 2. The molecule has 2 N–H and O–H groups in total. The van der Waals surface area contributed by atoms with E-state index in [1.54, 1.807) is 4.90 Å². The molecular weight excluding hydrogens is 486 g/mol. The van der Waals surface area contributed by atoms with Gasteiger partial charge in [0.25, 0.3) is 11.8 Å². The van der Waals surface area contributed by atoms with Crippen LogP contribution in [0.15, 0.2) is 91.0 Å². The molecule has 0 atom stereocenters. The summed E-state index contributed by atoms with van der Waals surface area (Å²) >= 11 is 0. The zero-order chi connectivity index (χ0) is 26.2. The Morgan fingerprint density at radius 3 is 2.19 bits per heavy atom. The van der Waals surface area contributed by atoms with Crippen LogP contribution in [-0.4, -0.2) is 11.8 Å². The maximum absolute atomic E-state index is 13.7. The molecule has 0 fully saturated rings. The lowest BCUT2D eigenvalue weighted by Crippen LogP contribution is -2.26. The first-order valence-electron chi connectivity index (χ1n) is 11.3. The Bertz CT molecular complexity index is 1450. The predicted octanol–water partition coefficient (Wildman–Crippen LogP) is 7.00. The standard InChI is InChI=1S/C28H19F4N3O2/c29-22-14-11-18(15-21(22)28(30,31)32)26(36)34-20-12-9-17(10-13-20)27(37)35-24-7-3-1-5-19(24)16-33-23-6-2-4-8-25(23)35/h1-15,33H,16H2,(H,34,36). The van der Waals surface area contributed by atoms with Crippen molar-refractivity contribution in [2.75, 3.05) is 15.5 Å². The fourth-order valence-corrected chi connectivity index (χ4v) is 4.15. The highest BCUT2D eigenvalue weighted by Crippen LogP contribution is 2.38. The molecule has 0 radical (unpaired) electrons. The van der Waals surface area contributed by atoms with Gasteiger partial charge in [-0.05, 0) is 66.2 Å². The molecule has 4 aromatic carbocycles. The van der Waals surface area contributed by atoms with Gasteiger partial charge in [0, 0.05) is 23.4 Å². The van der Waals surface area contributed by atoms with Crippen molar-refractivity contribution in [2.24, 2.45) is 0 Å². The van der Waals surface area contributed by atoms with Crippen molar-refractivity contribution in [1.82, 2.24) is 0 Å². The van der Waals surface area contributed by atoms with Gasteiger partial charge >= 0.3 is 6.18 Å². The molecule has 2 amide bonds. The Morgan fingerprint density at radius 1 is 0.811 bits per heavy atom. The average Bonchev–Trinajstić information content (AvgIpc) is 3.05. The minimum Gasteiger partial charge on any atom is -0.379 e. The summed E-state index contributed by atoms with van der Waals surface area (Å²) in [5.41, 5.74) is 1.89. The van der Waals surface area contributed by atoms with E-state index in [0.29, 0.717) is 29.9 Å². The molecule has 186 valence electrons. The summed E-state index contributed by atoms with van der Waals surface area (Å²) in [4.78, 5) is 27.8. The SMILES string of the molecule is O=C(Nc1ccc(C(=O)N2c3ccccc3CNc3ccccc32)cc1)c1ccc(F)c(C(F)(F)F)c1. The Morgan fingerprint density at radius 2 is 1.46 bits per heavy atom. The number of para-hydroxylation sites is 3. The van der Waals surface area contributed by atoms with Crippen LogP contribution in [0, 0.1) is 5.82 Å². The number of fused-ring (bicyclic) bond motifs is 2. The van der Waals surface area contributed by atoms with Gasteiger partial charge in [-0.15, -0.1) is 0 Å². The molecule has 0 saturated carbocycles. The number of rotatable bonds is 3. The van der Waals surface area contributed by atoms with Crippen LogP contribution < -0.4 is 15.5 Å². The number of hydrogen-bond acceptors (Lipinski definition) is 3. The Kier molecular flexibility index (Phi) is 6.12. The molecule has 1 aliphatic rings.